The Kier molecular flexibility index (Phi) is 5.58. The molecule has 3 aliphatic rings. The molecule has 4 atom stereocenters. The first-order chi connectivity index (χ1) is 19.8. The fraction of sp³-hybridized carbons (Fsp3) is 0.200. The zero-order valence-corrected chi connectivity index (χ0v) is 23.1. The SMILES string of the molecule is CC1=C[C@H]2N(c3ccc(C)cc31)[C@@H](C(=O)c1ccc(C)cc1)[C@@H](C(=O)c1ccncc1)[C@]21C(=O)Nc2ccccc21. The van der Waals surface area contributed by atoms with E-state index in [2.05, 4.69) is 27.3 Å². The number of allylic oxidation sites excluding steroid dienone is 1. The summed E-state index contributed by atoms with van der Waals surface area (Å²) < 4.78 is 0. The minimum Gasteiger partial charge on any atom is -0.352 e. The number of pyridine rings is 1. The summed E-state index contributed by atoms with van der Waals surface area (Å²) in [7, 11) is 0. The maximum atomic E-state index is 14.7. The number of hydrogen-bond acceptors (Lipinski definition) is 5. The summed E-state index contributed by atoms with van der Waals surface area (Å²) in [5, 5.41) is 3.08. The molecule has 3 aromatic carbocycles. The molecule has 7 rings (SSSR count). The third-order valence-corrected chi connectivity index (χ3v) is 8.98. The number of Topliss-reactive ketones (excluding diaryl/α,β-unsaturated/α-hetero) is 2. The Labute approximate surface area is 238 Å². The van der Waals surface area contributed by atoms with E-state index in [1.54, 1.807) is 24.5 Å². The average molecular weight is 540 g/mol. The molecule has 6 heteroatoms. The highest BCUT2D eigenvalue weighted by molar-refractivity contribution is 6.18. The number of benzene rings is 3. The van der Waals surface area contributed by atoms with Gasteiger partial charge in [0, 0.05) is 40.5 Å². The topological polar surface area (TPSA) is 79.4 Å². The second kappa shape index (κ2) is 9.10. The van der Waals surface area contributed by atoms with Crippen molar-refractivity contribution >= 4 is 34.4 Å². The lowest BCUT2D eigenvalue weighted by Crippen LogP contribution is -2.51. The predicted octanol–water partition coefficient (Wildman–Crippen LogP) is 5.94. The van der Waals surface area contributed by atoms with Crippen LogP contribution in [0.1, 0.15) is 49.9 Å². The van der Waals surface area contributed by atoms with Crippen molar-refractivity contribution in [3.05, 3.63) is 131 Å². The first-order valence-corrected chi connectivity index (χ1v) is 13.9. The van der Waals surface area contributed by atoms with E-state index in [-0.39, 0.29) is 17.5 Å². The summed E-state index contributed by atoms with van der Waals surface area (Å²) in [4.78, 5) is 50.1. The standard InChI is InChI=1S/C35H29N3O3/c1-20-8-11-23(12-9-20)33(40)31-30(32(39)24-14-16-36-17-15-24)35(26-6-4-5-7-27(26)37-34(35)41)29-19-22(3)25-18-21(2)10-13-28(25)38(29)31/h4-19,29-31H,1-3H3,(H,37,41)/t29-,30+,31-,35-/m1/s1. The van der Waals surface area contributed by atoms with E-state index in [0.29, 0.717) is 16.8 Å². The van der Waals surface area contributed by atoms with Crippen LogP contribution in [0, 0.1) is 19.8 Å². The first-order valence-electron chi connectivity index (χ1n) is 13.9. The lowest BCUT2D eigenvalue weighted by molar-refractivity contribution is -0.121. The molecule has 1 saturated heterocycles. The maximum Gasteiger partial charge on any atom is 0.238 e. The molecule has 41 heavy (non-hydrogen) atoms. The van der Waals surface area contributed by atoms with Crippen LogP contribution in [0.2, 0.25) is 0 Å². The Morgan fingerprint density at radius 3 is 2.27 bits per heavy atom. The fourth-order valence-electron chi connectivity index (χ4n) is 7.13. The van der Waals surface area contributed by atoms with Crippen LogP contribution >= 0.6 is 0 Å². The molecule has 202 valence electrons. The van der Waals surface area contributed by atoms with Crippen LogP contribution in [0.4, 0.5) is 11.4 Å². The molecule has 4 aromatic rings. The molecule has 3 aliphatic heterocycles. The molecule has 1 spiro atoms. The molecule has 0 bridgehead atoms. The number of carbonyl (C=O) groups is 3. The molecule has 0 unspecified atom stereocenters. The number of carbonyl (C=O) groups excluding carboxylic acids is 3. The van der Waals surface area contributed by atoms with Crippen LogP contribution in [-0.2, 0) is 10.2 Å². The van der Waals surface area contributed by atoms with Gasteiger partial charge in [-0.15, -0.1) is 0 Å². The second-order valence-corrected chi connectivity index (χ2v) is 11.3. The van der Waals surface area contributed by atoms with Crippen molar-refractivity contribution in [2.75, 3.05) is 10.2 Å². The van der Waals surface area contributed by atoms with Gasteiger partial charge in [0.25, 0.3) is 0 Å². The third kappa shape index (κ3) is 3.50. The maximum absolute atomic E-state index is 14.7. The molecular weight excluding hydrogens is 510 g/mol. The third-order valence-electron chi connectivity index (χ3n) is 8.98. The minimum absolute atomic E-state index is 0.184. The Morgan fingerprint density at radius 1 is 0.829 bits per heavy atom. The Balaban J connectivity index is 1.56. The normalized spacial score (nSPS) is 23.9. The van der Waals surface area contributed by atoms with E-state index in [1.807, 2.05) is 81.4 Å². The van der Waals surface area contributed by atoms with Crippen LogP contribution in [0.3, 0.4) is 0 Å². The van der Waals surface area contributed by atoms with Crippen molar-refractivity contribution < 1.29 is 14.4 Å². The van der Waals surface area contributed by atoms with Gasteiger partial charge in [-0.05, 0) is 62.2 Å². The van der Waals surface area contributed by atoms with Crippen LogP contribution in [0.25, 0.3) is 5.57 Å². The van der Waals surface area contributed by atoms with Crippen molar-refractivity contribution in [2.24, 2.45) is 5.92 Å². The van der Waals surface area contributed by atoms with Gasteiger partial charge in [0.05, 0.1) is 12.0 Å². The number of amides is 1. The van der Waals surface area contributed by atoms with Crippen LogP contribution in [0.5, 0.6) is 0 Å². The molecule has 0 aliphatic carbocycles. The molecule has 1 aromatic heterocycles. The van der Waals surface area contributed by atoms with Gasteiger partial charge in [-0.1, -0.05) is 65.7 Å². The molecule has 1 N–H and O–H groups in total. The summed E-state index contributed by atoms with van der Waals surface area (Å²) in [5.41, 5.74) is 6.02. The van der Waals surface area contributed by atoms with Gasteiger partial charge in [0.15, 0.2) is 11.6 Å². The summed E-state index contributed by atoms with van der Waals surface area (Å²) in [5.74, 6) is -1.70. The molecule has 0 saturated carbocycles. The smallest absolute Gasteiger partial charge is 0.238 e. The summed E-state index contributed by atoms with van der Waals surface area (Å²) in [6.07, 6.45) is 5.23. The van der Waals surface area contributed by atoms with E-state index in [0.717, 1.165) is 33.5 Å². The summed E-state index contributed by atoms with van der Waals surface area (Å²) in [6, 6.07) is 23.0. The Morgan fingerprint density at radius 2 is 1.51 bits per heavy atom. The van der Waals surface area contributed by atoms with Gasteiger partial charge in [-0.2, -0.15) is 0 Å². The van der Waals surface area contributed by atoms with Gasteiger partial charge in [-0.3, -0.25) is 19.4 Å². The predicted molar refractivity (Wildman–Crippen MR) is 159 cm³/mol. The lowest BCUT2D eigenvalue weighted by atomic mass is 9.64. The molecule has 1 amide bonds. The zero-order valence-electron chi connectivity index (χ0n) is 23.1. The average Bonchev–Trinajstić information content (AvgIpc) is 3.45. The van der Waals surface area contributed by atoms with Crippen LogP contribution < -0.4 is 10.2 Å². The van der Waals surface area contributed by atoms with E-state index >= 15 is 0 Å². The van der Waals surface area contributed by atoms with Gasteiger partial charge in [0.1, 0.15) is 11.5 Å². The van der Waals surface area contributed by atoms with E-state index < -0.39 is 23.4 Å². The van der Waals surface area contributed by atoms with Gasteiger partial charge < -0.3 is 10.2 Å². The molecular formula is C35H29N3O3. The van der Waals surface area contributed by atoms with Crippen molar-refractivity contribution in [1.29, 1.82) is 0 Å². The number of rotatable bonds is 4. The van der Waals surface area contributed by atoms with Gasteiger partial charge in [0.2, 0.25) is 5.91 Å². The monoisotopic (exact) mass is 539 g/mol. The van der Waals surface area contributed by atoms with E-state index in [1.165, 1.54) is 0 Å². The number of nitrogens with one attached hydrogen (secondary N) is 1. The zero-order chi connectivity index (χ0) is 28.5. The minimum atomic E-state index is -1.33. The summed E-state index contributed by atoms with van der Waals surface area (Å²) in [6.45, 7) is 6.05. The molecule has 6 nitrogen and oxygen atoms in total. The van der Waals surface area contributed by atoms with Crippen LogP contribution in [-0.4, -0.2) is 34.5 Å². The van der Waals surface area contributed by atoms with Crippen LogP contribution in [0.15, 0.2) is 97.3 Å². The number of nitrogens with zero attached hydrogens (tertiary/aromatic N) is 2. The van der Waals surface area contributed by atoms with E-state index in [4.69, 9.17) is 0 Å². The largest absolute Gasteiger partial charge is 0.352 e. The fourth-order valence-corrected chi connectivity index (χ4v) is 7.13. The summed E-state index contributed by atoms with van der Waals surface area (Å²) >= 11 is 0. The molecule has 4 heterocycles. The molecule has 0 radical (unpaired) electrons. The highest BCUT2D eigenvalue weighted by Crippen LogP contribution is 2.58. The lowest BCUT2D eigenvalue weighted by Gasteiger charge is -2.39. The number of anilines is 2. The number of aryl methyl sites for hydroxylation is 2. The second-order valence-electron chi connectivity index (χ2n) is 11.3. The van der Waals surface area contributed by atoms with E-state index in [9.17, 15) is 14.4 Å². The van der Waals surface area contributed by atoms with Crippen molar-refractivity contribution in [1.82, 2.24) is 4.98 Å². The highest BCUT2D eigenvalue weighted by Gasteiger charge is 2.70. The number of para-hydroxylation sites is 1. The number of hydrogen-bond donors (Lipinski definition) is 1. The quantitative estimate of drug-likeness (QED) is 0.325. The number of aromatic nitrogens is 1. The first kappa shape index (κ1) is 25.1. The molecule has 1 fully saturated rings. The highest BCUT2D eigenvalue weighted by atomic mass is 16.2. The van der Waals surface area contributed by atoms with Crippen molar-refractivity contribution in [3.63, 3.8) is 0 Å². The number of fused-ring (bicyclic) bond motifs is 6. The van der Waals surface area contributed by atoms with Gasteiger partial charge in [-0.25, -0.2) is 0 Å². The van der Waals surface area contributed by atoms with Gasteiger partial charge >= 0.3 is 0 Å². The van der Waals surface area contributed by atoms with Crippen molar-refractivity contribution in [3.8, 4) is 0 Å². The Bertz CT molecular complexity index is 1780. The Hall–Kier alpha value is -4.84. The van der Waals surface area contributed by atoms with Crippen molar-refractivity contribution in [2.45, 2.75) is 38.3 Å². The number of ketones is 2.